The molecule has 0 aromatic heterocycles. The minimum atomic E-state index is -4.18. The van der Waals surface area contributed by atoms with E-state index in [-0.39, 0.29) is 5.92 Å². The third-order valence-electron chi connectivity index (χ3n) is 4.75. The molecule has 26 heavy (non-hydrogen) atoms. The molecular weight excluding hydrogens is 361 g/mol. The standard InChI is InChI=1S/C17H24FN3O4S/c1-11(2)8-20-6-5-12(9-20)7-13-3-4-14(22)17(16(13)18)21-10-15(23)19-26(21,24)25/h3-4,11-12,22H,5-10H2,1-2H3,(H,19,23). The molecule has 2 N–H and O–H groups in total. The summed E-state index contributed by atoms with van der Waals surface area (Å²) in [5.41, 5.74) is -0.110. The number of carbonyl (C=O) groups excluding carboxylic acids is 1. The van der Waals surface area contributed by atoms with E-state index in [1.54, 1.807) is 4.72 Å². The van der Waals surface area contributed by atoms with Crippen LogP contribution < -0.4 is 9.03 Å². The molecule has 0 spiro atoms. The van der Waals surface area contributed by atoms with Gasteiger partial charge >= 0.3 is 10.2 Å². The fraction of sp³-hybridized carbons (Fsp3) is 0.588. The van der Waals surface area contributed by atoms with E-state index in [9.17, 15) is 22.7 Å². The number of amides is 1. The van der Waals surface area contributed by atoms with Crippen LogP contribution in [0.5, 0.6) is 5.75 Å². The van der Waals surface area contributed by atoms with Crippen molar-refractivity contribution in [1.82, 2.24) is 9.62 Å². The Morgan fingerprint density at radius 1 is 1.38 bits per heavy atom. The predicted octanol–water partition coefficient (Wildman–Crippen LogP) is 1.23. The number of anilines is 1. The number of rotatable bonds is 5. The number of halogens is 1. The fourth-order valence-electron chi connectivity index (χ4n) is 3.71. The van der Waals surface area contributed by atoms with E-state index in [0.29, 0.717) is 22.2 Å². The Bertz CT molecular complexity index is 812. The lowest BCUT2D eigenvalue weighted by molar-refractivity contribution is -0.117. The molecule has 1 atom stereocenters. The molecule has 2 fully saturated rings. The minimum absolute atomic E-state index is 0.274. The van der Waals surface area contributed by atoms with Gasteiger partial charge in [-0.2, -0.15) is 8.42 Å². The van der Waals surface area contributed by atoms with Gasteiger partial charge in [0.2, 0.25) is 0 Å². The number of aromatic hydroxyl groups is 1. The van der Waals surface area contributed by atoms with E-state index in [2.05, 4.69) is 18.7 Å². The summed E-state index contributed by atoms with van der Waals surface area (Å²) in [5.74, 6) is -1.20. The summed E-state index contributed by atoms with van der Waals surface area (Å²) in [6.07, 6.45) is 1.41. The van der Waals surface area contributed by atoms with E-state index in [4.69, 9.17) is 0 Å². The number of phenols is 1. The van der Waals surface area contributed by atoms with Gasteiger partial charge in [-0.15, -0.1) is 0 Å². The van der Waals surface area contributed by atoms with Gasteiger partial charge < -0.3 is 10.0 Å². The van der Waals surface area contributed by atoms with Crippen molar-refractivity contribution in [3.05, 3.63) is 23.5 Å². The molecule has 2 aliphatic rings. The maximum absolute atomic E-state index is 15.0. The summed E-state index contributed by atoms with van der Waals surface area (Å²) in [5, 5.41) is 10.0. The van der Waals surface area contributed by atoms with Crippen LogP contribution in [0.2, 0.25) is 0 Å². The van der Waals surface area contributed by atoms with Crippen LogP contribution in [-0.4, -0.2) is 50.5 Å². The second kappa shape index (κ2) is 7.03. The van der Waals surface area contributed by atoms with Gasteiger partial charge in [-0.05, 0) is 42.9 Å². The number of hydrogen-bond donors (Lipinski definition) is 2. The second-order valence-electron chi connectivity index (χ2n) is 7.46. The summed E-state index contributed by atoms with van der Waals surface area (Å²) in [6, 6.07) is 2.77. The number of carbonyl (C=O) groups is 1. The first kappa shape index (κ1) is 18.9. The molecule has 3 rings (SSSR count). The van der Waals surface area contributed by atoms with E-state index in [1.807, 2.05) is 0 Å². The number of likely N-dealkylation sites (tertiary alicyclic amines) is 1. The van der Waals surface area contributed by atoms with Gasteiger partial charge in [0.25, 0.3) is 5.91 Å². The number of nitrogens with one attached hydrogen (secondary N) is 1. The topological polar surface area (TPSA) is 89.9 Å². The van der Waals surface area contributed by atoms with Crippen LogP contribution in [0, 0.1) is 17.7 Å². The zero-order valence-corrected chi connectivity index (χ0v) is 15.7. The summed E-state index contributed by atoms with van der Waals surface area (Å²) in [4.78, 5) is 13.8. The maximum Gasteiger partial charge on any atom is 0.326 e. The third-order valence-corrected chi connectivity index (χ3v) is 6.12. The van der Waals surface area contributed by atoms with Crippen LogP contribution >= 0.6 is 0 Å². The third kappa shape index (κ3) is 3.78. The molecule has 0 radical (unpaired) electrons. The highest BCUT2D eigenvalue weighted by Gasteiger charge is 2.38. The highest BCUT2D eigenvalue weighted by atomic mass is 32.2. The molecule has 2 aliphatic heterocycles. The van der Waals surface area contributed by atoms with Crippen LogP contribution in [0.4, 0.5) is 10.1 Å². The van der Waals surface area contributed by atoms with E-state index >= 15 is 0 Å². The summed E-state index contributed by atoms with van der Waals surface area (Å²) in [7, 11) is -4.18. The Labute approximate surface area is 153 Å². The lowest BCUT2D eigenvalue weighted by Crippen LogP contribution is -2.30. The molecule has 0 bridgehead atoms. The van der Waals surface area contributed by atoms with E-state index in [1.165, 1.54) is 12.1 Å². The van der Waals surface area contributed by atoms with Gasteiger partial charge in [0.05, 0.1) is 0 Å². The Kier molecular flexibility index (Phi) is 5.12. The maximum atomic E-state index is 15.0. The van der Waals surface area contributed by atoms with E-state index in [0.717, 1.165) is 26.1 Å². The molecule has 1 amide bonds. The lowest BCUT2D eigenvalue weighted by Gasteiger charge is -2.20. The van der Waals surface area contributed by atoms with Crippen LogP contribution in [-0.2, 0) is 21.4 Å². The smallest absolute Gasteiger partial charge is 0.326 e. The summed E-state index contributed by atoms with van der Waals surface area (Å²) in [6.45, 7) is 6.61. The zero-order chi connectivity index (χ0) is 19.1. The van der Waals surface area contributed by atoms with Gasteiger partial charge in [-0.1, -0.05) is 19.9 Å². The Hall–Kier alpha value is -1.87. The SMILES string of the molecule is CC(C)CN1CCC(Cc2ccc(O)c(N3CC(=O)NS3(=O)=O)c2F)C1. The van der Waals surface area contributed by atoms with Crippen molar-refractivity contribution in [2.24, 2.45) is 11.8 Å². The minimum Gasteiger partial charge on any atom is -0.506 e. The first-order valence-corrected chi connectivity index (χ1v) is 10.2. The van der Waals surface area contributed by atoms with Gasteiger partial charge in [0, 0.05) is 13.1 Å². The number of phenolic OH excluding ortho intramolecular Hbond substituents is 1. The monoisotopic (exact) mass is 385 g/mol. The average molecular weight is 385 g/mol. The average Bonchev–Trinajstić information content (AvgIpc) is 3.05. The van der Waals surface area contributed by atoms with Gasteiger partial charge in [-0.3, -0.25) is 4.79 Å². The summed E-state index contributed by atoms with van der Waals surface area (Å²) >= 11 is 0. The van der Waals surface area contributed by atoms with Gasteiger partial charge in [-0.25, -0.2) is 13.4 Å². The molecule has 1 aromatic rings. The Morgan fingerprint density at radius 2 is 2.12 bits per heavy atom. The molecule has 7 nitrogen and oxygen atoms in total. The molecule has 9 heteroatoms. The molecule has 1 aromatic carbocycles. The van der Waals surface area contributed by atoms with Crippen molar-refractivity contribution >= 4 is 21.8 Å². The molecule has 0 saturated carbocycles. The van der Waals surface area contributed by atoms with Crippen LogP contribution in [0.25, 0.3) is 0 Å². The van der Waals surface area contributed by atoms with E-state index < -0.39 is 39.9 Å². The van der Waals surface area contributed by atoms with Crippen molar-refractivity contribution in [3.63, 3.8) is 0 Å². The summed E-state index contributed by atoms with van der Waals surface area (Å²) < 4.78 is 41.3. The first-order chi connectivity index (χ1) is 12.2. The number of benzene rings is 1. The molecule has 1 unspecified atom stereocenters. The quantitative estimate of drug-likeness (QED) is 0.796. The van der Waals surface area contributed by atoms with Crippen LogP contribution in [0.1, 0.15) is 25.8 Å². The van der Waals surface area contributed by atoms with Crippen molar-refractivity contribution in [2.75, 3.05) is 30.5 Å². The molecular formula is C17H24FN3O4S. The first-order valence-electron chi connectivity index (χ1n) is 8.73. The van der Waals surface area contributed by atoms with Crippen molar-refractivity contribution in [1.29, 1.82) is 0 Å². The molecule has 2 saturated heterocycles. The van der Waals surface area contributed by atoms with Crippen molar-refractivity contribution in [2.45, 2.75) is 26.7 Å². The van der Waals surface area contributed by atoms with Gasteiger partial charge in [0.15, 0.2) is 5.82 Å². The Balaban J connectivity index is 1.82. The highest BCUT2D eigenvalue weighted by molar-refractivity contribution is 7.92. The van der Waals surface area contributed by atoms with Gasteiger partial charge in [0.1, 0.15) is 18.0 Å². The zero-order valence-electron chi connectivity index (χ0n) is 14.9. The fourth-order valence-corrected chi connectivity index (χ4v) is 4.87. The highest BCUT2D eigenvalue weighted by Crippen LogP contribution is 2.36. The normalized spacial score (nSPS) is 23.0. The molecule has 0 aliphatic carbocycles. The molecule has 144 valence electrons. The number of hydrogen-bond acceptors (Lipinski definition) is 5. The second-order valence-corrected chi connectivity index (χ2v) is 9.05. The largest absolute Gasteiger partial charge is 0.506 e. The van der Waals surface area contributed by atoms with Crippen molar-refractivity contribution < 1.29 is 22.7 Å². The van der Waals surface area contributed by atoms with Crippen molar-refractivity contribution in [3.8, 4) is 5.75 Å². The Morgan fingerprint density at radius 3 is 2.73 bits per heavy atom. The van der Waals surface area contributed by atoms with Crippen LogP contribution in [0.3, 0.4) is 0 Å². The predicted molar refractivity (Wildman–Crippen MR) is 95.6 cm³/mol. The lowest BCUT2D eigenvalue weighted by atomic mass is 9.97. The molecule has 2 heterocycles. The van der Waals surface area contributed by atoms with Crippen LogP contribution in [0.15, 0.2) is 12.1 Å². The number of nitrogens with zero attached hydrogens (tertiary/aromatic N) is 2.